The Morgan fingerprint density at radius 1 is 1.00 bits per heavy atom. The van der Waals surface area contributed by atoms with Crippen molar-refractivity contribution >= 4 is 63.5 Å². The molecule has 0 aliphatic rings. The number of H-pyrrole nitrogens is 1. The molecule has 0 unspecified atom stereocenters. The molecule has 0 saturated carbocycles. The van der Waals surface area contributed by atoms with Crippen molar-refractivity contribution < 1.29 is 0 Å². The third kappa shape index (κ3) is 3.16. The fourth-order valence-electron chi connectivity index (χ4n) is 1.76. The van der Waals surface area contributed by atoms with Crippen LogP contribution >= 0.6 is 46.4 Å². The van der Waals surface area contributed by atoms with E-state index in [4.69, 9.17) is 46.4 Å². The molecule has 108 valence electrons. The van der Waals surface area contributed by atoms with Crippen LogP contribution in [0.15, 0.2) is 18.2 Å². The molecule has 2 aromatic heterocycles. The van der Waals surface area contributed by atoms with Crippen molar-refractivity contribution in [3.63, 3.8) is 0 Å². The second-order valence-electron chi connectivity index (χ2n) is 4.17. The highest BCUT2D eigenvalue weighted by Crippen LogP contribution is 2.24. The first-order valence-electron chi connectivity index (χ1n) is 5.79. The monoisotopic (exact) mass is 361 g/mol. The number of rotatable bonds is 3. The van der Waals surface area contributed by atoms with Crippen LogP contribution in [-0.4, -0.2) is 19.9 Å². The van der Waals surface area contributed by atoms with Gasteiger partial charge in [-0.15, -0.1) is 0 Å². The minimum absolute atomic E-state index is 0.0510. The quantitative estimate of drug-likeness (QED) is 0.528. The number of aromatic amines is 1. The highest BCUT2D eigenvalue weighted by molar-refractivity contribution is 6.42. The van der Waals surface area contributed by atoms with Gasteiger partial charge in [0, 0.05) is 6.54 Å². The van der Waals surface area contributed by atoms with Gasteiger partial charge in [0.25, 0.3) is 0 Å². The number of nitrogens with one attached hydrogen (secondary N) is 2. The Balaban J connectivity index is 1.82. The largest absolute Gasteiger partial charge is 0.352 e. The topological polar surface area (TPSA) is 66.5 Å². The van der Waals surface area contributed by atoms with Crippen molar-refractivity contribution in [1.29, 1.82) is 0 Å². The Labute approximate surface area is 139 Å². The maximum Gasteiger partial charge on any atom is 0.225 e. The van der Waals surface area contributed by atoms with Gasteiger partial charge in [0.05, 0.1) is 10.0 Å². The van der Waals surface area contributed by atoms with Crippen molar-refractivity contribution in [2.45, 2.75) is 6.54 Å². The van der Waals surface area contributed by atoms with E-state index in [0.717, 1.165) is 5.56 Å². The van der Waals surface area contributed by atoms with E-state index in [1.165, 1.54) is 0 Å². The lowest BCUT2D eigenvalue weighted by Crippen LogP contribution is -2.00. The smallest absolute Gasteiger partial charge is 0.225 e. The first-order chi connectivity index (χ1) is 10.0. The number of imidazole rings is 1. The van der Waals surface area contributed by atoms with E-state index in [1.807, 2.05) is 6.07 Å². The average Bonchev–Trinajstić information content (AvgIpc) is 2.83. The van der Waals surface area contributed by atoms with Gasteiger partial charge >= 0.3 is 0 Å². The fraction of sp³-hybridized carbons (Fsp3) is 0.0833. The summed E-state index contributed by atoms with van der Waals surface area (Å²) in [4.78, 5) is 15.1. The minimum Gasteiger partial charge on any atom is -0.352 e. The summed E-state index contributed by atoms with van der Waals surface area (Å²) in [5, 5.41) is 4.39. The van der Waals surface area contributed by atoms with Crippen LogP contribution in [0.25, 0.3) is 11.2 Å². The van der Waals surface area contributed by atoms with Gasteiger partial charge in [0.2, 0.25) is 11.2 Å². The van der Waals surface area contributed by atoms with Crippen LogP contribution in [0.1, 0.15) is 5.56 Å². The van der Waals surface area contributed by atoms with Gasteiger partial charge in [-0.3, -0.25) is 0 Å². The summed E-state index contributed by atoms with van der Waals surface area (Å²) >= 11 is 23.5. The summed E-state index contributed by atoms with van der Waals surface area (Å²) in [6, 6.07) is 5.39. The lowest BCUT2D eigenvalue weighted by atomic mass is 10.2. The second kappa shape index (κ2) is 5.85. The Kier molecular flexibility index (Phi) is 4.08. The summed E-state index contributed by atoms with van der Waals surface area (Å²) in [5.74, 6) is 0.509. The summed E-state index contributed by atoms with van der Waals surface area (Å²) in [5.41, 5.74) is 1.88. The van der Waals surface area contributed by atoms with Crippen molar-refractivity contribution in [2.24, 2.45) is 0 Å². The maximum absolute atomic E-state index is 5.96. The first-order valence-corrected chi connectivity index (χ1v) is 7.30. The first kappa shape index (κ1) is 14.7. The van der Waals surface area contributed by atoms with Crippen LogP contribution < -0.4 is 5.32 Å². The van der Waals surface area contributed by atoms with Crippen LogP contribution in [0.4, 0.5) is 5.95 Å². The van der Waals surface area contributed by atoms with Crippen molar-refractivity contribution in [2.75, 3.05) is 5.32 Å². The molecular weight excluding hydrogens is 356 g/mol. The number of hydrogen-bond acceptors (Lipinski definition) is 4. The molecular formula is C12H7Cl4N5. The predicted molar refractivity (Wildman–Crippen MR) is 85.5 cm³/mol. The summed E-state index contributed by atoms with van der Waals surface area (Å²) in [6.07, 6.45) is 0. The standard InChI is InChI=1S/C12H7Cl4N5/c13-6-2-1-5(3-7(6)14)4-17-12-18-8-9(15)19-11(16)20-10(8)21-12/h1-3H,4H2,(H2,17,18,19,20,21). The molecule has 0 spiro atoms. The molecule has 0 radical (unpaired) electrons. The van der Waals surface area contributed by atoms with E-state index < -0.39 is 0 Å². The Morgan fingerprint density at radius 2 is 1.81 bits per heavy atom. The number of aromatic nitrogens is 4. The normalized spacial score (nSPS) is 11.0. The lowest BCUT2D eigenvalue weighted by molar-refractivity contribution is 1.10. The van der Waals surface area contributed by atoms with Gasteiger partial charge in [-0.05, 0) is 29.3 Å². The number of benzene rings is 1. The van der Waals surface area contributed by atoms with Gasteiger partial charge < -0.3 is 10.3 Å². The highest BCUT2D eigenvalue weighted by atomic mass is 35.5. The molecule has 0 amide bonds. The van der Waals surface area contributed by atoms with Gasteiger partial charge in [0.1, 0.15) is 5.52 Å². The Morgan fingerprint density at radius 3 is 2.57 bits per heavy atom. The molecule has 9 heteroatoms. The van der Waals surface area contributed by atoms with Crippen molar-refractivity contribution in [3.8, 4) is 0 Å². The zero-order chi connectivity index (χ0) is 15.0. The predicted octanol–water partition coefficient (Wildman–Crippen LogP) is 4.58. The fourth-order valence-corrected chi connectivity index (χ4v) is 2.50. The number of fused-ring (bicyclic) bond motifs is 1. The molecule has 0 aliphatic carbocycles. The Hall–Kier alpha value is -1.27. The van der Waals surface area contributed by atoms with Gasteiger partial charge in [-0.1, -0.05) is 40.9 Å². The molecule has 0 bridgehead atoms. The van der Waals surface area contributed by atoms with Crippen molar-refractivity contribution in [3.05, 3.63) is 44.2 Å². The molecule has 0 saturated heterocycles. The van der Waals surface area contributed by atoms with Crippen molar-refractivity contribution in [1.82, 2.24) is 19.9 Å². The van der Waals surface area contributed by atoms with Gasteiger partial charge in [-0.25, -0.2) is 4.98 Å². The van der Waals surface area contributed by atoms with Crippen LogP contribution in [0.2, 0.25) is 20.5 Å². The number of anilines is 1. The molecule has 0 aliphatic heterocycles. The van der Waals surface area contributed by atoms with E-state index in [2.05, 4.69) is 25.3 Å². The van der Waals surface area contributed by atoms with Gasteiger partial charge in [0.15, 0.2) is 10.8 Å². The minimum atomic E-state index is 0.0510. The molecule has 0 atom stereocenters. The van der Waals surface area contributed by atoms with E-state index >= 15 is 0 Å². The Bertz CT molecular complexity index is 817. The second-order valence-corrected chi connectivity index (χ2v) is 5.68. The van der Waals surface area contributed by atoms with Crippen LogP contribution in [0, 0.1) is 0 Å². The molecule has 21 heavy (non-hydrogen) atoms. The number of halogens is 4. The van der Waals surface area contributed by atoms with Gasteiger partial charge in [-0.2, -0.15) is 9.97 Å². The van der Waals surface area contributed by atoms with E-state index in [-0.39, 0.29) is 10.4 Å². The molecule has 2 heterocycles. The summed E-state index contributed by atoms with van der Waals surface area (Å²) in [7, 11) is 0. The van der Waals surface area contributed by atoms with E-state index in [0.29, 0.717) is 33.7 Å². The molecule has 3 rings (SSSR count). The molecule has 3 aromatic rings. The van der Waals surface area contributed by atoms with E-state index in [9.17, 15) is 0 Å². The highest BCUT2D eigenvalue weighted by Gasteiger charge is 2.10. The molecule has 0 fully saturated rings. The molecule has 5 nitrogen and oxygen atoms in total. The maximum atomic E-state index is 5.96. The third-order valence-electron chi connectivity index (χ3n) is 2.72. The summed E-state index contributed by atoms with van der Waals surface area (Å²) < 4.78 is 0. The number of hydrogen-bond donors (Lipinski definition) is 2. The lowest BCUT2D eigenvalue weighted by Gasteiger charge is -2.04. The molecule has 1 aromatic carbocycles. The van der Waals surface area contributed by atoms with Crippen LogP contribution in [0.3, 0.4) is 0 Å². The zero-order valence-electron chi connectivity index (χ0n) is 10.3. The molecule has 2 N–H and O–H groups in total. The third-order valence-corrected chi connectivity index (χ3v) is 3.91. The SMILES string of the molecule is Clc1nc(Cl)c2[nH]c(NCc3ccc(Cl)c(Cl)c3)nc2n1. The zero-order valence-corrected chi connectivity index (χ0v) is 13.3. The van der Waals surface area contributed by atoms with Crippen LogP contribution in [0.5, 0.6) is 0 Å². The van der Waals surface area contributed by atoms with Crippen LogP contribution in [-0.2, 0) is 6.54 Å². The summed E-state index contributed by atoms with van der Waals surface area (Å²) in [6.45, 7) is 0.509. The average molecular weight is 363 g/mol. The number of nitrogens with zero attached hydrogens (tertiary/aromatic N) is 3. The van der Waals surface area contributed by atoms with E-state index in [1.54, 1.807) is 12.1 Å².